The van der Waals surface area contributed by atoms with E-state index in [4.69, 9.17) is 4.84 Å². The molecule has 0 radical (unpaired) electrons. The molecule has 1 aliphatic rings. The van der Waals surface area contributed by atoms with E-state index >= 15 is 0 Å². The molecule has 2 N–H and O–H groups in total. The average Bonchev–Trinajstić information content (AvgIpc) is 2.53. The van der Waals surface area contributed by atoms with Gasteiger partial charge < -0.3 is 10.4 Å². The third-order valence-electron chi connectivity index (χ3n) is 4.85. The fraction of sp³-hybridized carbons (Fsp3) is 0.579. The fourth-order valence-electron chi connectivity index (χ4n) is 3.53. The Hall–Kier alpha value is -1.92. The second-order valence-corrected chi connectivity index (χ2v) is 6.84. The first-order valence-electron chi connectivity index (χ1n) is 8.76. The normalized spacial score (nSPS) is 17.3. The van der Waals surface area contributed by atoms with Gasteiger partial charge in [0.15, 0.2) is 0 Å². The number of aliphatic carboxylic acids is 1. The van der Waals surface area contributed by atoms with Crippen molar-refractivity contribution in [1.82, 2.24) is 10.4 Å². The van der Waals surface area contributed by atoms with E-state index in [1.165, 1.54) is 0 Å². The van der Waals surface area contributed by atoms with Gasteiger partial charge in [-0.3, -0.25) is 9.63 Å². The zero-order valence-corrected chi connectivity index (χ0v) is 15.5. The van der Waals surface area contributed by atoms with Crippen LogP contribution in [0.5, 0.6) is 0 Å². The van der Waals surface area contributed by atoms with Gasteiger partial charge in [-0.2, -0.15) is 5.06 Å². The number of hydrogen-bond donors (Lipinski definition) is 2. The molecule has 0 saturated carbocycles. The van der Waals surface area contributed by atoms with Gasteiger partial charge in [0.1, 0.15) is 5.54 Å². The van der Waals surface area contributed by atoms with Crippen LogP contribution in [0.3, 0.4) is 0 Å². The molecule has 1 aliphatic heterocycles. The molecule has 1 aromatic carbocycles. The monoisotopic (exact) mass is 348 g/mol. The third-order valence-corrected chi connectivity index (χ3v) is 4.85. The number of amides is 1. The van der Waals surface area contributed by atoms with Crippen molar-refractivity contribution in [3.05, 3.63) is 34.4 Å². The highest BCUT2D eigenvalue weighted by atomic mass is 16.7. The van der Waals surface area contributed by atoms with Gasteiger partial charge in [-0.1, -0.05) is 17.7 Å². The molecule has 1 heterocycles. The predicted molar refractivity (Wildman–Crippen MR) is 95.3 cm³/mol. The Morgan fingerprint density at radius 1 is 1.20 bits per heavy atom. The molecule has 0 bridgehead atoms. The number of carbonyl (C=O) groups excluding carboxylic acids is 1. The molecule has 6 heteroatoms. The van der Waals surface area contributed by atoms with Crippen LogP contribution in [0.2, 0.25) is 0 Å². The molecule has 1 fully saturated rings. The maximum absolute atomic E-state index is 12.6. The number of carboxylic acids is 1. The van der Waals surface area contributed by atoms with Crippen LogP contribution in [0, 0.1) is 20.8 Å². The first-order valence-corrected chi connectivity index (χ1v) is 8.76. The average molecular weight is 348 g/mol. The third kappa shape index (κ3) is 4.58. The minimum atomic E-state index is -1.21. The van der Waals surface area contributed by atoms with Crippen LogP contribution < -0.4 is 5.32 Å². The number of carbonyl (C=O) groups is 2. The lowest BCUT2D eigenvalue weighted by Crippen LogP contribution is -2.60. The minimum Gasteiger partial charge on any atom is -0.480 e. The van der Waals surface area contributed by atoms with E-state index in [1.807, 2.05) is 39.8 Å². The van der Waals surface area contributed by atoms with Crippen molar-refractivity contribution in [3.8, 4) is 0 Å². The van der Waals surface area contributed by atoms with Crippen molar-refractivity contribution in [3.63, 3.8) is 0 Å². The zero-order chi connectivity index (χ0) is 18.6. The SMILES string of the molecule is CCON1CCC(NC(=O)Cc2c(C)cc(C)cc2C)(C(=O)O)CC1. The summed E-state index contributed by atoms with van der Waals surface area (Å²) in [4.78, 5) is 29.8. The van der Waals surface area contributed by atoms with Crippen LogP contribution >= 0.6 is 0 Å². The second kappa shape index (κ2) is 7.97. The van der Waals surface area contributed by atoms with Gasteiger partial charge in [-0.15, -0.1) is 0 Å². The first-order chi connectivity index (χ1) is 11.8. The quantitative estimate of drug-likeness (QED) is 0.823. The van der Waals surface area contributed by atoms with E-state index in [-0.39, 0.29) is 12.3 Å². The summed E-state index contributed by atoms with van der Waals surface area (Å²) in [5.41, 5.74) is 3.03. The number of carboxylic acid groups (broad SMARTS) is 1. The second-order valence-electron chi connectivity index (χ2n) is 6.84. The summed E-state index contributed by atoms with van der Waals surface area (Å²) in [6.07, 6.45) is 0.863. The molecule has 0 atom stereocenters. The van der Waals surface area contributed by atoms with Crippen LogP contribution in [-0.2, 0) is 20.8 Å². The van der Waals surface area contributed by atoms with Crippen molar-refractivity contribution in [2.75, 3.05) is 19.7 Å². The molecule has 25 heavy (non-hydrogen) atoms. The van der Waals surface area contributed by atoms with Gasteiger partial charge >= 0.3 is 5.97 Å². The highest BCUT2D eigenvalue weighted by Crippen LogP contribution is 2.24. The summed E-state index contributed by atoms with van der Waals surface area (Å²) in [6, 6.07) is 4.09. The Morgan fingerprint density at radius 2 is 1.76 bits per heavy atom. The minimum absolute atomic E-state index is 0.197. The number of hydrogen-bond acceptors (Lipinski definition) is 4. The predicted octanol–water partition coefficient (Wildman–Crippen LogP) is 2.14. The molecule has 0 unspecified atom stereocenters. The molecule has 1 saturated heterocycles. The van der Waals surface area contributed by atoms with Crippen molar-refractivity contribution in [2.45, 2.75) is 52.5 Å². The van der Waals surface area contributed by atoms with Crippen LogP contribution in [0.4, 0.5) is 0 Å². The standard InChI is InChI=1S/C19H28N2O4/c1-5-25-21-8-6-19(7-9-21,18(23)24)20-17(22)12-16-14(3)10-13(2)11-15(16)4/h10-11H,5-9,12H2,1-4H3,(H,20,22)(H,23,24). The molecule has 0 aliphatic carbocycles. The van der Waals surface area contributed by atoms with Gasteiger partial charge in [0.25, 0.3) is 0 Å². The Balaban J connectivity index is 2.08. The number of hydroxylamine groups is 2. The van der Waals surface area contributed by atoms with Gasteiger partial charge in [-0.25, -0.2) is 4.79 Å². The topological polar surface area (TPSA) is 78.9 Å². The summed E-state index contributed by atoms with van der Waals surface area (Å²) in [6.45, 7) is 9.42. The van der Waals surface area contributed by atoms with E-state index in [0.717, 1.165) is 22.3 Å². The molecule has 0 spiro atoms. The van der Waals surface area contributed by atoms with E-state index in [0.29, 0.717) is 32.5 Å². The Labute approximate surface area is 149 Å². The van der Waals surface area contributed by atoms with Crippen LogP contribution in [0.1, 0.15) is 42.0 Å². The number of benzene rings is 1. The zero-order valence-electron chi connectivity index (χ0n) is 15.5. The lowest BCUT2D eigenvalue weighted by molar-refractivity contribution is -0.182. The van der Waals surface area contributed by atoms with Crippen LogP contribution in [-0.4, -0.2) is 47.3 Å². The Kier molecular flexibility index (Phi) is 6.19. The number of rotatable bonds is 6. The van der Waals surface area contributed by atoms with E-state index in [2.05, 4.69) is 5.32 Å². The summed E-state index contributed by atoms with van der Waals surface area (Å²) < 4.78 is 0. The van der Waals surface area contributed by atoms with Crippen molar-refractivity contribution >= 4 is 11.9 Å². The Morgan fingerprint density at radius 3 is 2.24 bits per heavy atom. The van der Waals surface area contributed by atoms with Crippen LogP contribution in [0.15, 0.2) is 12.1 Å². The summed E-state index contributed by atoms with van der Waals surface area (Å²) in [5.74, 6) is -1.23. The molecular formula is C19H28N2O4. The Bertz CT molecular complexity index is 626. The molecular weight excluding hydrogens is 320 g/mol. The van der Waals surface area contributed by atoms with E-state index < -0.39 is 11.5 Å². The molecule has 138 valence electrons. The molecule has 1 amide bonds. The molecule has 1 aromatic rings. The van der Waals surface area contributed by atoms with E-state index in [9.17, 15) is 14.7 Å². The number of aryl methyl sites for hydroxylation is 3. The summed E-state index contributed by atoms with van der Waals surface area (Å²) >= 11 is 0. The number of nitrogens with one attached hydrogen (secondary N) is 1. The largest absolute Gasteiger partial charge is 0.480 e. The summed E-state index contributed by atoms with van der Waals surface area (Å²) in [5, 5.41) is 14.2. The van der Waals surface area contributed by atoms with Crippen molar-refractivity contribution in [1.29, 1.82) is 0 Å². The van der Waals surface area contributed by atoms with Gasteiger partial charge in [0, 0.05) is 13.1 Å². The van der Waals surface area contributed by atoms with Gasteiger partial charge in [0.05, 0.1) is 13.0 Å². The van der Waals surface area contributed by atoms with Crippen molar-refractivity contribution < 1.29 is 19.5 Å². The lowest BCUT2D eigenvalue weighted by atomic mass is 9.87. The van der Waals surface area contributed by atoms with Gasteiger partial charge in [-0.05, 0) is 57.2 Å². The highest BCUT2D eigenvalue weighted by Gasteiger charge is 2.43. The number of nitrogens with zero attached hydrogens (tertiary/aromatic N) is 1. The molecule has 2 rings (SSSR count). The van der Waals surface area contributed by atoms with Crippen LogP contribution in [0.25, 0.3) is 0 Å². The molecule has 6 nitrogen and oxygen atoms in total. The van der Waals surface area contributed by atoms with E-state index in [1.54, 1.807) is 5.06 Å². The number of piperidine rings is 1. The smallest absolute Gasteiger partial charge is 0.329 e. The maximum Gasteiger partial charge on any atom is 0.329 e. The fourth-order valence-corrected chi connectivity index (χ4v) is 3.53. The lowest BCUT2D eigenvalue weighted by Gasteiger charge is -2.38. The van der Waals surface area contributed by atoms with Gasteiger partial charge in [0.2, 0.25) is 5.91 Å². The summed E-state index contributed by atoms with van der Waals surface area (Å²) in [7, 11) is 0. The maximum atomic E-state index is 12.6. The molecule has 0 aromatic heterocycles. The highest BCUT2D eigenvalue weighted by molar-refractivity contribution is 5.88. The first kappa shape index (κ1) is 19.4. The van der Waals surface area contributed by atoms with Crippen molar-refractivity contribution in [2.24, 2.45) is 0 Å².